The van der Waals surface area contributed by atoms with Crippen molar-refractivity contribution in [2.24, 2.45) is 5.73 Å². The summed E-state index contributed by atoms with van der Waals surface area (Å²) in [5, 5.41) is 3.10. The van der Waals surface area contributed by atoms with E-state index in [1.165, 1.54) is 0 Å². The van der Waals surface area contributed by atoms with Crippen LogP contribution in [0.5, 0.6) is 0 Å². The Kier molecular flexibility index (Phi) is 3.36. The summed E-state index contributed by atoms with van der Waals surface area (Å²) in [4.78, 5) is 15.2. The minimum Gasteiger partial charge on any atom is -0.376 e. The molecule has 0 aliphatic carbocycles. The Bertz CT molecular complexity index is 375. The third kappa shape index (κ3) is 2.49. The maximum Gasteiger partial charge on any atom is 0.252 e. The van der Waals surface area contributed by atoms with Crippen LogP contribution in [0.1, 0.15) is 23.2 Å². The molecule has 1 aliphatic heterocycles. The number of amides is 1. The number of hydrogen-bond acceptors (Lipinski definition) is 4. The van der Waals surface area contributed by atoms with Gasteiger partial charge in [-0.3, -0.25) is 4.79 Å². The predicted molar refractivity (Wildman–Crippen MR) is 60.2 cm³/mol. The van der Waals surface area contributed by atoms with E-state index in [1.807, 2.05) is 0 Å². The van der Waals surface area contributed by atoms with Gasteiger partial charge in [-0.2, -0.15) is 0 Å². The summed E-state index contributed by atoms with van der Waals surface area (Å²) >= 11 is 0. The number of hydrogen-bond donors (Lipinski definition) is 2. The van der Waals surface area contributed by atoms with Crippen LogP contribution in [0.3, 0.4) is 0 Å². The van der Waals surface area contributed by atoms with Gasteiger partial charge in [0.05, 0.1) is 11.7 Å². The van der Waals surface area contributed by atoms with Gasteiger partial charge >= 0.3 is 0 Å². The molecule has 1 amide bonds. The average molecular weight is 221 g/mol. The van der Waals surface area contributed by atoms with E-state index in [-0.39, 0.29) is 6.10 Å². The summed E-state index contributed by atoms with van der Waals surface area (Å²) < 4.78 is 5.47. The molecular weight excluding hydrogens is 206 g/mol. The van der Waals surface area contributed by atoms with Crippen molar-refractivity contribution in [1.29, 1.82) is 0 Å². The molecule has 1 aromatic heterocycles. The molecule has 2 rings (SSSR count). The molecule has 1 aliphatic rings. The molecule has 2 heterocycles. The van der Waals surface area contributed by atoms with Crippen LogP contribution < -0.4 is 11.1 Å². The first kappa shape index (κ1) is 10.9. The molecule has 1 unspecified atom stereocenters. The van der Waals surface area contributed by atoms with Crippen molar-refractivity contribution in [3.8, 4) is 0 Å². The summed E-state index contributed by atoms with van der Waals surface area (Å²) in [5.41, 5.74) is 5.67. The summed E-state index contributed by atoms with van der Waals surface area (Å²) in [6, 6.07) is 3.35. The third-order valence-electron chi connectivity index (χ3n) is 2.59. The number of aromatic nitrogens is 1. The molecule has 86 valence electrons. The highest BCUT2D eigenvalue weighted by Crippen LogP contribution is 2.15. The van der Waals surface area contributed by atoms with Crippen LogP contribution in [0.4, 0.5) is 5.82 Å². The molecule has 0 radical (unpaired) electrons. The maximum atomic E-state index is 11.1. The fourth-order valence-electron chi connectivity index (χ4n) is 1.76. The maximum absolute atomic E-state index is 11.1. The first-order valence-electron chi connectivity index (χ1n) is 5.37. The molecule has 0 aromatic carbocycles. The number of nitrogens with two attached hydrogens (primary N) is 1. The van der Waals surface area contributed by atoms with E-state index in [0.717, 1.165) is 19.4 Å². The molecule has 1 atom stereocenters. The van der Waals surface area contributed by atoms with Gasteiger partial charge in [0, 0.05) is 19.3 Å². The lowest BCUT2D eigenvalue weighted by Gasteiger charge is -2.12. The lowest BCUT2D eigenvalue weighted by Crippen LogP contribution is -2.22. The van der Waals surface area contributed by atoms with Gasteiger partial charge < -0.3 is 15.8 Å². The number of carbonyl (C=O) groups is 1. The lowest BCUT2D eigenvalue weighted by atomic mass is 10.2. The zero-order valence-electron chi connectivity index (χ0n) is 8.98. The highest BCUT2D eigenvalue weighted by Gasteiger charge is 2.16. The molecule has 5 heteroatoms. The second-order valence-corrected chi connectivity index (χ2v) is 3.78. The van der Waals surface area contributed by atoms with E-state index < -0.39 is 5.91 Å². The van der Waals surface area contributed by atoms with Crippen LogP contribution in [0.25, 0.3) is 0 Å². The summed E-state index contributed by atoms with van der Waals surface area (Å²) in [7, 11) is 0. The van der Waals surface area contributed by atoms with Crippen LogP contribution in [-0.4, -0.2) is 30.1 Å². The van der Waals surface area contributed by atoms with Gasteiger partial charge in [0.1, 0.15) is 5.82 Å². The van der Waals surface area contributed by atoms with Gasteiger partial charge in [0.2, 0.25) is 0 Å². The number of anilines is 1. The van der Waals surface area contributed by atoms with E-state index >= 15 is 0 Å². The van der Waals surface area contributed by atoms with Crippen molar-refractivity contribution in [3.05, 3.63) is 23.9 Å². The van der Waals surface area contributed by atoms with Crippen LogP contribution in [0, 0.1) is 0 Å². The molecule has 0 bridgehead atoms. The molecule has 3 N–H and O–H groups in total. The number of ether oxygens (including phenoxy) is 1. The van der Waals surface area contributed by atoms with Crippen molar-refractivity contribution in [1.82, 2.24) is 4.98 Å². The SMILES string of the molecule is NC(=O)c1cccnc1NCC1CCCO1. The standard InChI is InChI=1S/C11H15N3O2/c12-10(15)9-4-1-5-13-11(9)14-7-8-3-2-6-16-8/h1,4-5,8H,2-3,6-7H2,(H2,12,15)(H,13,14). The largest absolute Gasteiger partial charge is 0.376 e. The first-order valence-corrected chi connectivity index (χ1v) is 5.37. The predicted octanol–water partition coefficient (Wildman–Crippen LogP) is 0.771. The van der Waals surface area contributed by atoms with E-state index in [4.69, 9.17) is 10.5 Å². The number of rotatable bonds is 4. The monoisotopic (exact) mass is 221 g/mol. The van der Waals surface area contributed by atoms with E-state index in [1.54, 1.807) is 18.3 Å². The number of pyridine rings is 1. The molecule has 0 saturated carbocycles. The number of nitrogens with one attached hydrogen (secondary N) is 1. The number of primary amides is 1. The topological polar surface area (TPSA) is 77.2 Å². The molecule has 1 fully saturated rings. The smallest absolute Gasteiger partial charge is 0.252 e. The highest BCUT2D eigenvalue weighted by molar-refractivity contribution is 5.97. The van der Waals surface area contributed by atoms with Gasteiger partial charge in [-0.15, -0.1) is 0 Å². The molecular formula is C11H15N3O2. The quantitative estimate of drug-likeness (QED) is 0.787. The number of nitrogens with zero attached hydrogens (tertiary/aromatic N) is 1. The fourth-order valence-corrected chi connectivity index (χ4v) is 1.76. The second-order valence-electron chi connectivity index (χ2n) is 3.78. The van der Waals surface area contributed by atoms with E-state index in [0.29, 0.717) is 17.9 Å². The van der Waals surface area contributed by atoms with Crippen molar-refractivity contribution >= 4 is 11.7 Å². The normalized spacial score (nSPS) is 19.6. The average Bonchev–Trinajstić information content (AvgIpc) is 2.79. The Balaban J connectivity index is 2.00. The molecule has 16 heavy (non-hydrogen) atoms. The van der Waals surface area contributed by atoms with Gasteiger partial charge in [-0.05, 0) is 25.0 Å². The van der Waals surface area contributed by atoms with Crippen molar-refractivity contribution in [3.63, 3.8) is 0 Å². The van der Waals surface area contributed by atoms with Gasteiger partial charge in [0.15, 0.2) is 0 Å². The summed E-state index contributed by atoms with van der Waals surface area (Å²) in [6.07, 6.45) is 3.98. The van der Waals surface area contributed by atoms with Gasteiger partial charge in [-0.1, -0.05) is 0 Å². The zero-order chi connectivity index (χ0) is 11.4. The Hall–Kier alpha value is -1.62. The Labute approximate surface area is 94.0 Å². The van der Waals surface area contributed by atoms with E-state index in [9.17, 15) is 4.79 Å². The lowest BCUT2D eigenvalue weighted by molar-refractivity contribution is 0.1000. The van der Waals surface area contributed by atoms with Crippen LogP contribution in [0.2, 0.25) is 0 Å². The Morgan fingerprint density at radius 2 is 2.56 bits per heavy atom. The van der Waals surface area contributed by atoms with Gasteiger partial charge in [0.25, 0.3) is 5.91 Å². The molecule has 1 aromatic rings. The highest BCUT2D eigenvalue weighted by atomic mass is 16.5. The minimum atomic E-state index is -0.469. The molecule has 5 nitrogen and oxygen atoms in total. The van der Waals surface area contributed by atoms with Crippen molar-refractivity contribution < 1.29 is 9.53 Å². The third-order valence-corrected chi connectivity index (χ3v) is 2.59. The molecule has 0 spiro atoms. The first-order chi connectivity index (χ1) is 7.77. The Morgan fingerprint density at radius 3 is 3.25 bits per heavy atom. The minimum absolute atomic E-state index is 0.211. The molecule has 1 saturated heterocycles. The van der Waals surface area contributed by atoms with Crippen molar-refractivity contribution in [2.75, 3.05) is 18.5 Å². The van der Waals surface area contributed by atoms with Gasteiger partial charge in [-0.25, -0.2) is 4.98 Å². The number of carbonyl (C=O) groups excluding carboxylic acids is 1. The fraction of sp³-hybridized carbons (Fsp3) is 0.455. The van der Waals surface area contributed by atoms with Crippen molar-refractivity contribution in [2.45, 2.75) is 18.9 Å². The van der Waals surface area contributed by atoms with E-state index in [2.05, 4.69) is 10.3 Å². The second kappa shape index (κ2) is 4.94. The summed E-state index contributed by atoms with van der Waals surface area (Å²) in [5.74, 6) is 0.0634. The Morgan fingerprint density at radius 1 is 1.69 bits per heavy atom. The summed E-state index contributed by atoms with van der Waals surface area (Å²) in [6.45, 7) is 1.48. The van der Waals surface area contributed by atoms with Crippen LogP contribution >= 0.6 is 0 Å². The van der Waals surface area contributed by atoms with Crippen LogP contribution in [-0.2, 0) is 4.74 Å². The van der Waals surface area contributed by atoms with Crippen LogP contribution in [0.15, 0.2) is 18.3 Å². The zero-order valence-corrected chi connectivity index (χ0v) is 8.98.